The van der Waals surface area contributed by atoms with Crippen LogP contribution in [0.25, 0.3) is 0 Å². The second kappa shape index (κ2) is 6.56. The van der Waals surface area contributed by atoms with Gasteiger partial charge in [0.2, 0.25) is 0 Å². The van der Waals surface area contributed by atoms with Gasteiger partial charge in [-0.15, -0.1) is 0 Å². The highest BCUT2D eigenvalue weighted by Gasteiger charge is 2.17. The van der Waals surface area contributed by atoms with E-state index in [2.05, 4.69) is 37.9 Å². The van der Waals surface area contributed by atoms with E-state index in [0.29, 0.717) is 12.1 Å². The van der Waals surface area contributed by atoms with E-state index in [1.54, 1.807) is 6.20 Å². The minimum atomic E-state index is -0.561. The van der Waals surface area contributed by atoms with Gasteiger partial charge in [-0.1, -0.05) is 25.1 Å². The zero-order valence-corrected chi connectivity index (χ0v) is 14.1. The summed E-state index contributed by atoms with van der Waals surface area (Å²) < 4.78 is 28.8. The lowest BCUT2D eigenvalue weighted by Gasteiger charge is -2.18. The van der Waals surface area contributed by atoms with Gasteiger partial charge >= 0.3 is 0 Å². The van der Waals surface area contributed by atoms with Gasteiger partial charge in [-0.2, -0.15) is 0 Å². The average molecular weight is 326 g/mol. The summed E-state index contributed by atoms with van der Waals surface area (Å²) in [6.07, 6.45) is 3.58. The first-order valence-electron chi connectivity index (χ1n) is 7.98. The van der Waals surface area contributed by atoms with Gasteiger partial charge in [-0.3, -0.25) is 0 Å². The molecular weight excluding hydrogens is 306 g/mol. The Kier molecular flexibility index (Phi) is 4.47. The Hall–Kier alpha value is -2.49. The van der Waals surface area contributed by atoms with Crippen LogP contribution in [0.3, 0.4) is 0 Å². The van der Waals surface area contributed by atoms with Gasteiger partial charge in [0.15, 0.2) is 0 Å². The standard InChI is InChI=1S/C20H20F2N2/c1-13-5-4-6-19(14(13)2)15(3)20-23-7-8-24(20)12-16-9-17(21)11-18(22)10-16/h4-11,15H,12H2,1-3H3/t15-/m0/s1. The number of aryl methyl sites for hydroxylation is 1. The Balaban J connectivity index is 1.94. The lowest BCUT2D eigenvalue weighted by Crippen LogP contribution is -2.10. The number of halogens is 2. The molecule has 0 unspecified atom stereocenters. The zero-order valence-electron chi connectivity index (χ0n) is 14.1. The summed E-state index contributed by atoms with van der Waals surface area (Å²) in [6, 6.07) is 9.84. The second-order valence-electron chi connectivity index (χ2n) is 6.20. The topological polar surface area (TPSA) is 17.8 Å². The van der Waals surface area contributed by atoms with Crippen molar-refractivity contribution in [1.82, 2.24) is 9.55 Å². The molecule has 2 nitrogen and oxygen atoms in total. The van der Waals surface area contributed by atoms with E-state index in [1.165, 1.54) is 28.8 Å². The molecule has 2 aromatic carbocycles. The summed E-state index contributed by atoms with van der Waals surface area (Å²) in [7, 11) is 0. The quantitative estimate of drug-likeness (QED) is 0.661. The third-order valence-electron chi connectivity index (χ3n) is 4.52. The lowest BCUT2D eigenvalue weighted by atomic mass is 9.93. The predicted molar refractivity (Wildman–Crippen MR) is 91.1 cm³/mol. The molecule has 1 atom stereocenters. The SMILES string of the molecule is Cc1cccc([C@H](C)c2nccn2Cc2cc(F)cc(F)c2)c1C. The van der Waals surface area contributed by atoms with E-state index < -0.39 is 11.6 Å². The van der Waals surface area contributed by atoms with Crippen LogP contribution in [0.1, 0.15) is 40.9 Å². The Labute approximate surface area is 140 Å². The highest BCUT2D eigenvalue weighted by molar-refractivity contribution is 5.38. The van der Waals surface area contributed by atoms with Gasteiger partial charge < -0.3 is 4.57 Å². The lowest BCUT2D eigenvalue weighted by molar-refractivity contribution is 0.576. The Morgan fingerprint density at radius 2 is 1.79 bits per heavy atom. The molecule has 124 valence electrons. The van der Waals surface area contributed by atoms with Crippen molar-refractivity contribution in [3.63, 3.8) is 0 Å². The van der Waals surface area contributed by atoms with Crippen molar-refractivity contribution in [2.75, 3.05) is 0 Å². The average Bonchev–Trinajstić information content (AvgIpc) is 2.96. The smallest absolute Gasteiger partial charge is 0.126 e. The van der Waals surface area contributed by atoms with Crippen molar-refractivity contribution in [1.29, 1.82) is 0 Å². The van der Waals surface area contributed by atoms with E-state index in [0.717, 1.165) is 11.9 Å². The maximum absolute atomic E-state index is 13.4. The second-order valence-corrected chi connectivity index (χ2v) is 6.20. The van der Waals surface area contributed by atoms with Crippen LogP contribution in [0, 0.1) is 25.5 Å². The van der Waals surface area contributed by atoms with Crippen LogP contribution in [0.5, 0.6) is 0 Å². The molecule has 0 aliphatic rings. The molecule has 1 heterocycles. The van der Waals surface area contributed by atoms with Gasteiger partial charge in [0.25, 0.3) is 0 Å². The number of rotatable bonds is 4. The predicted octanol–water partition coefficient (Wildman–Crippen LogP) is 4.98. The molecule has 0 aliphatic heterocycles. The van der Waals surface area contributed by atoms with Crippen molar-refractivity contribution < 1.29 is 8.78 Å². The molecule has 0 spiro atoms. The van der Waals surface area contributed by atoms with Crippen molar-refractivity contribution in [2.24, 2.45) is 0 Å². The van der Waals surface area contributed by atoms with Crippen molar-refractivity contribution in [3.05, 3.63) is 88.5 Å². The van der Waals surface area contributed by atoms with Crippen molar-refractivity contribution in [3.8, 4) is 0 Å². The molecular formula is C20H20F2N2. The molecule has 24 heavy (non-hydrogen) atoms. The molecule has 0 saturated heterocycles. The van der Waals surface area contributed by atoms with E-state index in [9.17, 15) is 8.78 Å². The number of aromatic nitrogens is 2. The fourth-order valence-electron chi connectivity index (χ4n) is 3.12. The molecule has 0 aliphatic carbocycles. The monoisotopic (exact) mass is 326 g/mol. The van der Waals surface area contributed by atoms with Gasteiger partial charge in [0.1, 0.15) is 17.5 Å². The third-order valence-corrected chi connectivity index (χ3v) is 4.52. The summed E-state index contributed by atoms with van der Waals surface area (Å²) in [5, 5.41) is 0. The summed E-state index contributed by atoms with van der Waals surface area (Å²) in [5.41, 5.74) is 4.29. The molecule has 0 N–H and O–H groups in total. The van der Waals surface area contributed by atoms with Crippen molar-refractivity contribution >= 4 is 0 Å². The Bertz CT molecular complexity index is 848. The summed E-state index contributed by atoms with van der Waals surface area (Å²) in [5.74, 6) is -0.143. The van der Waals surface area contributed by atoms with E-state index in [4.69, 9.17) is 0 Å². The van der Waals surface area contributed by atoms with Crippen LogP contribution < -0.4 is 0 Å². The van der Waals surface area contributed by atoms with E-state index in [1.807, 2.05) is 16.8 Å². The highest BCUT2D eigenvalue weighted by atomic mass is 19.1. The minimum Gasteiger partial charge on any atom is -0.330 e. The van der Waals surface area contributed by atoms with Gasteiger partial charge in [-0.25, -0.2) is 13.8 Å². The maximum Gasteiger partial charge on any atom is 0.126 e. The number of benzene rings is 2. The van der Waals surface area contributed by atoms with Crippen LogP contribution in [-0.4, -0.2) is 9.55 Å². The Morgan fingerprint density at radius 3 is 2.50 bits per heavy atom. The molecule has 4 heteroatoms. The molecule has 0 radical (unpaired) electrons. The van der Waals surface area contributed by atoms with Crippen LogP contribution >= 0.6 is 0 Å². The highest BCUT2D eigenvalue weighted by Crippen LogP contribution is 2.27. The fourth-order valence-corrected chi connectivity index (χ4v) is 3.12. The fraction of sp³-hybridized carbons (Fsp3) is 0.250. The van der Waals surface area contributed by atoms with Crippen molar-refractivity contribution in [2.45, 2.75) is 33.2 Å². The summed E-state index contributed by atoms with van der Waals surface area (Å²) in [6.45, 7) is 6.69. The van der Waals surface area contributed by atoms with Crippen LogP contribution in [0.4, 0.5) is 8.78 Å². The first kappa shape index (κ1) is 16.4. The molecule has 0 fully saturated rings. The maximum atomic E-state index is 13.4. The zero-order chi connectivity index (χ0) is 17.3. The van der Waals surface area contributed by atoms with E-state index >= 15 is 0 Å². The van der Waals surface area contributed by atoms with E-state index in [-0.39, 0.29) is 5.92 Å². The van der Waals surface area contributed by atoms with Gasteiger partial charge in [0.05, 0.1) is 0 Å². The molecule has 3 rings (SSSR count). The molecule has 3 aromatic rings. The largest absolute Gasteiger partial charge is 0.330 e. The first-order chi connectivity index (χ1) is 11.5. The minimum absolute atomic E-state index is 0.0957. The summed E-state index contributed by atoms with van der Waals surface area (Å²) in [4.78, 5) is 4.48. The number of hydrogen-bond donors (Lipinski definition) is 0. The third kappa shape index (κ3) is 3.23. The number of imidazole rings is 1. The summed E-state index contributed by atoms with van der Waals surface area (Å²) >= 11 is 0. The van der Waals surface area contributed by atoms with Crippen LogP contribution in [0.15, 0.2) is 48.8 Å². The van der Waals surface area contributed by atoms with Gasteiger partial charge in [-0.05, 0) is 48.2 Å². The molecule has 0 amide bonds. The van der Waals surface area contributed by atoms with Gasteiger partial charge in [0, 0.05) is 30.9 Å². The first-order valence-corrected chi connectivity index (χ1v) is 7.98. The Morgan fingerprint density at radius 1 is 1.08 bits per heavy atom. The normalized spacial score (nSPS) is 12.4. The molecule has 0 bridgehead atoms. The molecule has 1 aromatic heterocycles. The van der Waals surface area contributed by atoms with Crippen LogP contribution in [0.2, 0.25) is 0 Å². The molecule has 0 saturated carbocycles. The number of nitrogens with zero attached hydrogens (tertiary/aromatic N) is 2. The number of hydrogen-bond acceptors (Lipinski definition) is 1. The van der Waals surface area contributed by atoms with Crippen LogP contribution in [-0.2, 0) is 6.54 Å².